The molecule has 1 aromatic carbocycles. The quantitative estimate of drug-likeness (QED) is 0.771. The fraction of sp³-hybridized carbons (Fsp3) is 0.471. The molecule has 0 fully saturated rings. The van der Waals surface area contributed by atoms with Crippen LogP contribution in [-0.4, -0.2) is 12.4 Å². The van der Waals surface area contributed by atoms with Gasteiger partial charge in [0.15, 0.2) is 5.78 Å². The van der Waals surface area contributed by atoms with E-state index in [1.807, 2.05) is 19.1 Å². The summed E-state index contributed by atoms with van der Waals surface area (Å²) < 4.78 is 5.74. The van der Waals surface area contributed by atoms with Gasteiger partial charge in [0.1, 0.15) is 5.75 Å². The first-order valence-electron chi connectivity index (χ1n) is 6.80. The minimum absolute atomic E-state index is 0.0274. The minimum Gasteiger partial charge on any atom is -0.493 e. The average Bonchev–Trinajstić information content (AvgIpc) is 2.40. The lowest BCUT2D eigenvalue weighted by atomic mass is 9.71. The molecule has 0 N–H and O–H groups in total. The van der Waals surface area contributed by atoms with E-state index in [2.05, 4.69) is 19.8 Å². The molecule has 1 aliphatic rings. The van der Waals surface area contributed by atoms with Gasteiger partial charge in [-0.3, -0.25) is 4.79 Å². The molecular formula is C17H20O2. The van der Waals surface area contributed by atoms with Crippen LogP contribution in [0, 0.1) is 12.3 Å². The van der Waals surface area contributed by atoms with Gasteiger partial charge in [-0.15, -0.1) is 6.42 Å². The van der Waals surface area contributed by atoms with Crippen LogP contribution >= 0.6 is 0 Å². The highest BCUT2D eigenvalue weighted by Gasteiger charge is 2.34. The Balaban J connectivity index is 2.61. The normalized spacial score (nSPS) is 16.6. The SMILES string of the molecule is C#Cc1cc(OCCC)c2c(c1)C(C)(C)CCC2=O. The van der Waals surface area contributed by atoms with Crippen LogP contribution in [0.5, 0.6) is 5.75 Å². The van der Waals surface area contributed by atoms with E-state index in [0.29, 0.717) is 18.8 Å². The lowest BCUT2D eigenvalue weighted by Crippen LogP contribution is -2.28. The molecule has 100 valence electrons. The van der Waals surface area contributed by atoms with Crippen molar-refractivity contribution in [3.05, 3.63) is 28.8 Å². The van der Waals surface area contributed by atoms with Crippen LogP contribution in [0.3, 0.4) is 0 Å². The van der Waals surface area contributed by atoms with Gasteiger partial charge in [-0.05, 0) is 36.0 Å². The maximum Gasteiger partial charge on any atom is 0.166 e. The molecule has 0 aromatic heterocycles. The molecule has 0 aliphatic heterocycles. The molecule has 0 unspecified atom stereocenters. The van der Waals surface area contributed by atoms with Crippen molar-refractivity contribution in [2.45, 2.75) is 45.4 Å². The Bertz CT molecular complexity index is 547. The number of carbonyl (C=O) groups is 1. The van der Waals surface area contributed by atoms with Crippen LogP contribution in [0.25, 0.3) is 0 Å². The Morgan fingerprint density at radius 3 is 2.79 bits per heavy atom. The molecule has 0 heterocycles. The third kappa shape index (κ3) is 2.51. The van der Waals surface area contributed by atoms with Crippen LogP contribution in [0.1, 0.15) is 61.5 Å². The maximum absolute atomic E-state index is 12.2. The summed E-state index contributed by atoms with van der Waals surface area (Å²) in [5.41, 5.74) is 2.53. The summed E-state index contributed by atoms with van der Waals surface area (Å²) in [5, 5.41) is 0. The van der Waals surface area contributed by atoms with Crippen LogP contribution in [0.4, 0.5) is 0 Å². The molecule has 2 heteroatoms. The van der Waals surface area contributed by atoms with Crippen molar-refractivity contribution in [3.8, 4) is 18.1 Å². The number of hydrogen-bond acceptors (Lipinski definition) is 2. The first kappa shape index (κ1) is 13.7. The largest absolute Gasteiger partial charge is 0.493 e. The highest BCUT2D eigenvalue weighted by atomic mass is 16.5. The van der Waals surface area contributed by atoms with Gasteiger partial charge in [-0.1, -0.05) is 26.7 Å². The van der Waals surface area contributed by atoms with Crippen LogP contribution in [0.15, 0.2) is 12.1 Å². The van der Waals surface area contributed by atoms with E-state index in [0.717, 1.165) is 29.5 Å². The molecule has 19 heavy (non-hydrogen) atoms. The van der Waals surface area contributed by atoms with Gasteiger partial charge in [0.25, 0.3) is 0 Å². The Kier molecular flexibility index (Phi) is 3.66. The molecule has 0 atom stereocenters. The molecule has 1 aromatic rings. The van der Waals surface area contributed by atoms with Crippen molar-refractivity contribution in [2.24, 2.45) is 0 Å². The van der Waals surface area contributed by atoms with Crippen molar-refractivity contribution in [2.75, 3.05) is 6.61 Å². The first-order chi connectivity index (χ1) is 8.99. The second-order valence-corrected chi connectivity index (χ2v) is 5.70. The molecule has 1 aliphatic carbocycles. The number of rotatable bonds is 3. The van der Waals surface area contributed by atoms with Crippen molar-refractivity contribution in [3.63, 3.8) is 0 Å². The maximum atomic E-state index is 12.2. The van der Waals surface area contributed by atoms with Crippen LogP contribution < -0.4 is 4.74 Å². The second-order valence-electron chi connectivity index (χ2n) is 5.70. The molecular weight excluding hydrogens is 236 g/mol. The minimum atomic E-state index is -0.0274. The van der Waals surface area contributed by atoms with Crippen LogP contribution in [0.2, 0.25) is 0 Å². The number of benzene rings is 1. The van der Waals surface area contributed by atoms with E-state index in [4.69, 9.17) is 11.2 Å². The van der Waals surface area contributed by atoms with Crippen molar-refractivity contribution < 1.29 is 9.53 Å². The summed E-state index contributed by atoms with van der Waals surface area (Å²) in [7, 11) is 0. The van der Waals surface area contributed by atoms with Gasteiger partial charge in [0.05, 0.1) is 12.2 Å². The fourth-order valence-electron chi connectivity index (χ4n) is 2.53. The average molecular weight is 256 g/mol. The van der Waals surface area contributed by atoms with E-state index < -0.39 is 0 Å². The molecule has 0 saturated carbocycles. The standard InChI is InChI=1S/C17H20O2/c1-5-9-19-15-11-12(6-2)10-13-16(15)14(18)7-8-17(13,3)4/h2,10-11H,5,7-9H2,1,3-4H3. The highest BCUT2D eigenvalue weighted by Crippen LogP contribution is 2.41. The van der Waals surface area contributed by atoms with Crippen molar-refractivity contribution >= 4 is 5.78 Å². The lowest BCUT2D eigenvalue weighted by Gasteiger charge is -2.33. The zero-order valence-electron chi connectivity index (χ0n) is 11.9. The first-order valence-corrected chi connectivity index (χ1v) is 6.80. The van der Waals surface area contributed by atoms with Crippen molar-refractivity contribution in [1.29, 1.82) is 0 Å². The Morgan fingerprint density at radius 1 is 1.42 bits per heavy atom. The predicted octanol–water partition coefficient (Wildman–Crippen LogP) is 3.71. The monoisotopic (exact) mass is 256 g/mol. The summed E-state index contributed by atoms with van der Waals surface area (Å²) in [6, 6.07) is 3.78. The summed E-state index contributed by atoms with van der Waals surface area (Å²) in [4.78, 5) is 12.2. The van der Waals surface area contributed by atoms with E-state index in [1.165, 1.54) is 0 Å². The van der Waals surface area contributed by atoms with E-state index in [-0.39, 0.29) is 11.2 Å². The van der Waals surface area contributed by atoms with Gasteiger partial charge in [0, 0.05) is 12.0 Å². The molecule has 0 bridgehead atoms. The summed E-state index contributed by atoms with van der Waals surface area (Å²) in [6.07, 6.45) is 7.87. The molecule has 0 radical (unpaired) electrons. The fourth-order valence-corrected chi connectivity index (χ4v) is 2.53. The molecule has 0 spiro atoms. The van der Waals surface area contributed by atoms with Gasteiger partial charge < -0.3 is 4.74 Å². The summed E-state index contributed by atoms with van der Waals surface area (Å²) >= 11 is 0. The second kappa shape index (κ2) is 5.09. The third-order valence-corrected chi connectivity index (χ3v) is 3.72. The molecule has 2 rings (SSSR count). The van der Waals surface area contributed by atoms with Gasteiger partial charge in [-0.25, -0.2) is 0 Å². The molecule has 0 amide bonds. The van der Waals surface area contributed by atoms with Gasteiger partial charge in [-0.2, -0.15) is 0 Å². The summed E-state index contributed by atoms with van der Waals surface area (Å²) in [6.45, 7) is 6.96. The number of ketones is 1. The van der Waals surface area contributed by atoms with Gasteiger partial charge in [0.2, 0.25) is 0 Å². The zero-order chi connectivity index (χ0) is 14.0. The Labute approximate surface area is 115 Å². The van der Waals surface area contributed by atoms with E-state index in [1.54, 1.807) is 0 Å². The number of hydrogen-bond donors (Lipinski definition) is 0. The number of terminal acetylenes is 1. The number of carbonyl (C=O) groups excluding carboxylic acids is 1. The Hall–Kier alpha value is -1.75. The third-order valence-electron chi connectivity index (χ3n) is 3.72. The number of Topliss-reactive ketones (excluding diaryl/α,β-unsaturated/α-hetero) is 1. The molecule has 0 saturated heterocycles. The summed E-state index contributed by atoms with van der Waals surface area (Å²) in [5.74, 6) is 3.48. The van der Waals surface area contributed by atoms with Crippen LogP contribution in [-0.2, 0) is 5.41 Å². The highest BCUT2D eigenvalue weighted by molar-refractivity contribution is 6.02. The Morgan fingerprint density at radius 2 is 2.16 bits per heavy atom. The predicted molar refractivity (Wildman–Crippen MR) is 76.8 cm³/mol. The van der Waals surface area contributed by atoms with E-state index >= 15 is 0 Å². The van der Waals surface area contributed by atoms with E-state index in [9.17, 15) is 4.79 Å². The van der Waals surface area contributed by atoms with Gasteiger partial charge >= 0.3 is 0 Å². The molecule has 2 nitrogen and oxygen atoms in total. The number of ether oxygens (including phenoxy) is 1. The lowest BCUT2D eigenvalue weighted by molar-refractivity contribution is 0.0952. The zero-order valence-corrected chi connectivity index (χ0v) is 11.9. The number of fused-ring (bicyclic) bond motifs is 1. The topological polar surface area (TPSA) is 26.3 Å². The smallest absolute Gasteiger partial charge is 0.166 e. The van der Waals surface area contributed by atoms with Crippen molar-refractivity contribution in [1.82, 2.24) is 0 Å².